The average molecular weight is 324 g/mol. The number of rotatable bonds is 4. The van der Waals surface area contributed by atoms with Crippen LogP contribution >= 0.6 is 22.7 Å². The number of aromatic carboxylic acids is 1. The van der Waals surface area contributed by atoms with Gasteiger partial charge >= 0.3 is 5.97 Å². The van der Waals surface area contributed by atoms with Crippen molar-refractivity contribution in [3.8, 4) is 0 Å². The first-order valence-corrected chi connectivity index (χ1v) is 8.07. The Kier molecular flexibility index (Phi) is 4.43. The zero-order valence-corrected chi connectivity index (χ0v) is 13.8. The topological polar surface area (TPSA) is 79.3 Å². The second kappa shape index (κ2) is 5.95. The zero-order valence-electron chi connectivity index (χ0n) is 12.2. The number of aryl methyl sites for hydroxylation is 2. The molecular formula is C14H16N2O3S2. The molecule has 21 heavy (non-hydrogen) atoms. The van der Waals surface area contributed by atoms with E-state index in [2.05, 4.69) is 10.3 Å². The van der Waals surface area contributed by atoms with Crippen molar-refractivity contribution in [1.82, 2.24) is 10.3 Å². The van der Waals surface area contributed by atoms with Crippen LogP contribution in [-0.2, 0) is 0 Å². The minimum Gasteiger partial charge on any atom is -0.477 e. The van der Waals surface area contributed by atoms with Crippen LogP contribution in [0.4, 0.5) is 0 Å². The molecule has 0 aromatic carbocycles. The largest absolute Gasteiger partial charge is 0.477 e. The van der Waals surface area contributed by atoms with E-state index >= 15 is 0 Å². The number of nitrogens with one attached hydrogen (secondary N) is 1. The van der Waals surface area contributed by atoms with Gasteiger partial charge in [0.2, 0.25) is 0 Å². The summed E-state index contributed by atoms with van der Waals surface area (Å²) in [5.74, 6) is -1.15. The van der Waals surface area contributed by atoms with E-state index in [0.717, 1.165) is 21.8 Å². The van der Waals surface area contributed by atoms with Crippen molar-refractivity contribution in [3.63, 3.8) is 0 Å². The van der Waals surface area contributed by atoms with E-state index in [-0.39, 0.29) is 16.8 Å². The normalized spacial score (nSPS) is 12.2. The van der Waals surface area contributed by atoms with E-state index in [4.69, 9.17) is 5.11 Å². The summed E-state index contributed by atoms with van der Waals surface area (Å²) in [6, 6.07) is -0.325. The highest BCUT2D eigenvalue weighted by Crippen LogP contribution is 2.25. The third-order valence-corrected chi connectivity index (χ3v) is 5.60. The molecule has 0 spiro atoms. The van der Waals surface area contributed by atoms with Crippen LogP contribution in [0.25, 0.3) is 0 Å². The second-order valence-corrected chi connectivity index (χ2v) is 6.91. The Morgan fingerprint density at radius 1 is 1.33 bits per heavy atom. The molecule has 112 valence electrons. The third-order valence-electron chi connectivity index (χ3n) is 3.26. The van der Waals surface area contributed by atoms with Crippen molar-refractivity contribution < 1.29 is 14.7 Å². The molecule has 1 unspecified atom stereocenters. The number of thiazole rings is 1. The van der Waals surface area contributed by atoms with Crippen molar-refractivity contribution in [2.75, 3.05) is 0 Å². The van der Waals surface area contributed by atoms with E-state index in [1.165, 1.54) is 0 Å². The molecule has 0 saturated carbocycles. The van der Waals surface area contributed by atoms with Crippen molar-refractivity contribution in [1.29, 1.82) is 0 Å². The fourth-order valence-corrected chi connectivity index (χ4v) is 3.65. The number of thiophene rings is 1. The molecule has 0 aliphatic rings. The fraction of sp³-hybridized carbons (Fsp3) is 0.357. The van der Waals surface area contributed by atoms with Gasteiger partial charge in [0.25, 0.3) is 5.91 Å². The van der Waals surface area contributed by atoms with Crippen molar-refractivity contribution in [2.45, 2.75) is 33.7 Å². The summed E-state index contributed by atoms with van der Waals surface area (Å²) >= 11 is 2.64. The Labute approximate surface area is 130 Å². The quantitative estimate of drug-likeness (QED) is 0.904. The molecule has 7 heteroatoms. The highest BCUT2D eigenvalue weighted by Gasteiger charge is 2.20. The Hall–Kier alpha value is -1.73. The minimum absolute atomic E-state index is 0.158. The van der Waals surface area contributed by atoms with Gasteiger partial charge in [-0.2, -0.15) is 0 Å². The predicted octanol–water partition coefficient (Wildman–Crippen LogP) is 3.32. The molecule has 1 amide bonds. The summed E-state index contributed by atoms with van der Waals surface area (Å²) in [7, 11) is 0. The van der Waals surface area contributed by atoms with Gasteiger partial charge in [0.1, 0.15) is 9.88 Å². The molecule has 2 aromatic rings. The van der Waals surface area contributed by atoms with Gasteiger partial charge < -0.3 is 10.4 Å². The second-order valence-electron chi connectivity index (χ2n) is 4.80. The van der Waals surface area contributed by atoms with Crippen LogP contribution in [0.15, 0.2) is 5.38 Å². The Morgan fingerprint density at radius 2 is 2.00 bits per heavy atom. The molecule has 0 radical (unpaired) electrons. The van der Waals surface area contributed by atoms with Gasteiger partial charge in [-0.25, -0.2) is 9.78 Å². The molecule has 2 aromatic heterocycles. The highest BCUT2D eigenvalue weighted by molar-refractivity contribution is 7.13. The summed E-state index contributed by atoms with van der Waals surface area (Å²) < 4.78 is 0. The average Bonchev–Trinajstić information content (AvgIpc) is 2.94. The maximum absolute atomic E-state index is 12.2. The lowest BCUT2D eigenvalue weighted by Gasteiger charge is -2.11. The lowest BCUT2D eigenvalue weighted by molar-refractivity contribution is 0.0701. The summed E-state index contributed by atoms with van der Waals surface area (Å²) in [5, 5.41) is 14.3. The molecule has 0 fully saturated rings. The lowest BCUT2D eigenvalue weighted by Crippen LogP contribution is -2.26. The molecule has 5 nitrogen and oxygen atoms in total. The van der Waals surface area contributed by atoms with Crippen LogP contribution in [0.5, 0.6) is 0 Å². The van der Waals surface area contributed by atoms with E-state index in [0.29, 0.717) is 16.3 Å². The van der Waals surface area contributed by atoms with E-state index in [9.17, 15) is 9.59 Å². The SMILES string of the molecule is Cc1nc(C(C)NC(=O)c2csc(C)c2C)sc1C(=O)O. The summed E-state index contributed by atoms with van der Waals surface area (Å²) in [6.07, 6.45) is 0. The fourth-order valence-electron chi connectivity index (χ4n) is 1.87. The van der Waals surface area contributed by atoms with Gasteiger partial charge in [-0.3, -0.25) is 4.79 Å². The smallest absolute Gasteiger partial charge is 0.347 e. The number of nitrogens with zero attached hydrogens (tertiary/aromatic N) is 1. The Balaban J connectivity index is 2.16. The van der Waals surface area contributed by atoms with Crippen LogP contribution in [0.2, 0.25) is 0 Å². The number of carbonyl (C=O) groups excluding carboxylic acids is 1. The predicted molar refractivity (Wildman–Crippen MR) is 83.5 cm³/mol. The van der Waals surface area contributed by atoms with Gasteiger partial charge in [-0.1, -0.05) is 0 Å². The Morgan fingerprint density at radius 3 is 2.48 bits per heavy atom. The summed E-state index contributed by atoms with van der Waals surface area (Å²) in [5.41, 5.74) is 2.12. The van der Waals surface area contributed by atoms with Crippen molar-refractivity contribution >= 4 is 34.6 Å². The van der Waals surface area contributed by atoms with Crippen molar-refractivity contribution in [2.24, 2.45) is 0 Å². The van der Waals surface area contributed by atoms with E-state index < -0.39 is 5.97 Å². The van der Waals surface area contributed by atoms with Crippen molar-refractivity contribution in [3.05, 3.63) is 37.0 Å². The summed E-state index contributed by atoms with van der Waals surface area (Å²) in [4.78, 5) is 28.8. The first-order chi connectivity index (χ1) is 9.81. The number of amides is 1. The maximum atomic E-state index is 12.2. The first kappa shape index (κ1) is 15.7. The minimum atomic E-state index is -0.987. The molecule has 0 aliphatic carbocycles. The monoisotopic (exact) mass is 324 g/mol. The molecule has 2 rings (SSSR count). The number of aromatic nitrogens is 1. The maximum Gasteiger partial charge on any atom is 0.347 e. The lowest BCUT2D eigenvalue weighted by atomic mass is 10.1. The van der Waals surface area contributed by atoms with Gasteiger partial charge in [0.15, 0.2) is 0 Å². The number of hydrogen-bond donors (Lipinski definition) is 2. The van der Waals surface area contributed by atoms with Crippen LogP contribution in [0, 0.1) is 20.8 Å². The number of carboxylic acid groups (broad SMARTS) is 1. The molecular weight excluding hydrogens is 308 g/mol. The number of carbonyl (C=O) groups is 2. The third kappa shape index (κ3) is 3.14. The van der Waals surface area contributed by atoms with Crippen LogP contribution < -0.4 is 5.32 Å². The van der Waals surface area contributed by atoms with Gasteiger partial charge in [-0.15, -0.1) is 22.7 Å². The van der Waals surface area contributed by atoms with E-state index in [1.807, 2.05) is 19.2 Å². The molecule has 2 N–H and O–H groups in total. The Bertz CT molecular complexity index is 703. The number of carboxylic acids is 1. The van der Waals surface area contributed by atoms with Crippen LogP contribution in [0.1, 0.15) is 54.1 Å². The molecule has 2 heterocycles. The first-order valence-electron chi connectivity index (χ1n) is 6.37. The van der Waals surface area contributed by atoms with Gasteiger partial charge in [0, 0.05) is 10.3 Å². The van der Waals surface area contributed by atoms with Gasteiger partial charge in [-0.05, 0) is 33.3 Å². The molecule has 0 aliphatic heterocycles. The van der Waals surface area contributed by atoms with Gasteiger partial charge in [0.05, 0.1) is 17.3 Å². The molecule has 1 atom stereocenters. The molecule has 0 saturated heterocycles. The summed E-state index contributed by atoms with van der Waals surface area (Å²) in [6.45, 7) is 7.35. The standard InChI is InChI=1S/C14H16N2O3S2/c1-6-9(4)20-5-10(6)12(17)15-8(3)13-16-7(2)11(21-13)14(18)19/h5,8H,1-4H3,(H,15,17)(H,18,19). The zero-order chi connectivity index (χ0) is 15.7. The van der Waals surface area contributed by atoms with E-state index in [1.54, 1.807) is 25.2 Å². The van der Waals surface area contributed by atoms with Crippen LogP contribution in [-0.4, -0.2) is 22.0 Å². The van der Waals surface area contributed by atoms with Crippen LogP contribution in [0.3, 0.4) is 0 Å². The number of hydrogen-bond acceptors (Lipinski definition) is 5. The highest BCUT2D eigenvalue weighted by atomic mass is 32.1. The molecule has 0 bridgehead atoms.